The second-order valence-corrected chi connectivity index (χ2v) is 15.3. The van der Waals surface area contributed by atoms with Gasteiger partial charge in [-0.2, -0.15) is 0 Å². The lowest BCUT2D eigenvalue weighted by molar-refractivity contribution is -0.258. The molecular weight excluding hydrogens is 730 g/mol. The number of benzene rings is 2. The highest BCUT2D eigenvalue weighted by molar-refractivity contribution is 6.03. The van der Waals surface area contributed by atoms with Crippen molar-refractivity contribution in [2.45, 2.75) is 82.1 Å². The lowest BCUT2D eigenvalue weighted by Gasteiger charge is -2.60. The molecule has 0 radical (unpaired) electrons. The number of unbranched alkanes of at least 4 members (excludes halogenated alkanes) is 2. The molecule has 2 saturated carbocycles. The van der Waals surface area contributed by atoms with E-state index < -0.39 is 23.8 Å². The van der Waals surface area contributed by atoms with Crippen LogP contribution in [0.2, 0.25) is 0 Å². The molecule has 13 heteroatoms. The minimum Gasteiger partial charge on any atom is -0.459 e. The molecule has 2 aromatic rings. The Labute approximate surface area is 335 Å². The van der Waals surface area contributed by atoms with Crippen LogP contribution in [0.3, 0.4) is 0 Å². The van der Waals surface area contributed by atoms with Gasteiger partial charge in [-0.15, -0.1) is 6.58 Å². The van der Waals surface area contributed by atoms with Crippen LogP contribution < -0.4 is 14.8 Å². The van der Waals surface area contributed by atoms with Crippen molar-refractivity contribution in [3.63, 3.8) is 0 Å². The van der Waals surface area contributed by atoms with Crippen molar-refractivity contribution < 1.29 is 48.7 Å². The van der Waals surface area contributed by atoms with Gasteiger partial charge in [0.05, 0.1) is 38.1 Å². The first kappa shape index (κ1) is 42.3. The molecular formula is C44H59N3O10. The Kier molecular flexibility index (Phi) is 15.2. The molecule has 0 unspecified atom stereocenters. The number of nitrogens with zero attached hydrogens (tertiary/aromatic N) is 2. The van der Waals surface area contributed by atoms with Crippen molar-refractivity contribution in [2.75, 3.05) is 53.3 Å². The zero-order valence-corrected chi connectivity index (χ0v) is 33.1. The largest absolute Gasteiger partial charge is 0.459 e. The number of fused-ring (bicyclic) bond motifs is 2. The quantitative estimate of drug-likeness (QED) is 0.0681. The summed E-state index contributed by atoms with van der Waals surface area (Å²) < 4.78 is 25.8. The number of ether oxygens (including phenoxy) is 4. The van der Waals surface area contributed by atoms with Gasteiger partial charge in [0.2, 0.25) is 11.7 Å². The smallest absolute Gasteiger partial charge is 0.412 e. The highest BCUT2D eigenvalue weighted by atomic mass is 16.7. The van der Waals surface area contributed by atoms with E-state index in [1.807, 2.05) is 47.4 Å². The highest BCUT2D eigenvalue weighted by Gasteiger charge is 2.65. The van der Waals surface area contributed by atoms with E-state index in [2.05, 4.69) is 23.1 Å². The Bertz CT molecular complexity index is 1710. The summed E-state index contributed by atoms with van der Waals surface area (Å²) >= 11 is 0. The fourth-order valence-corrected chi connectivity index (χ4v) is 9.05. The van der Waals surface area contributed by atoms with Crippen LogP contribution in [0.15, 0.2) is 78.0 Å². The van der Waals surface area contributed by atoms with Crippen LogP contribution in [0.1, 0.15) is 74.8 Å². The molecule has 6 atom stereocenters. The number of carbonyl (C=O) groups is 2. The van der Waals surface area contributed by atoms with E-state index in [-0.39, 0.29) is 82.2 Å². The summed E-state index contributed by atoms with van der Waals surface area (Å²) in [5, 5.41) is 36.6. The van der Waals surface area contributed by atoms with Gasteiger partial charge in [-0.3, -0.25) is 4.79 Å². The molecule has 1 aliphatic heterocycles. The number of carbonyl (C=O) groups excluding carboxylic acids is 2. The SMILES string of the molecule is C=CCO[C@@]12Oc3ccc(OC(=O)NCc4ccccc4)cc3[C@H]3[C@H](CCCCO)[C@@H](CCCCO)C=C(C(=NOC)C[C@@H]1N(CCOCCO)C(=O)C1CC1)[C@H]32. The predicted octanol–water partition coefficient (Wildman–Crippen LogP) is 5.49. The molecule has 0 bridgehead atoms. The van der Waals surface area contributed by atoms with Crippen molar-refractivity contribution in [3.8, 4) is 11.5 Å². The van der Waals surface area contributed by atoms with Gasteiger partial charge in [-0.05, 0) is 79.7 Å². The summed E-state index contributed by atoms with van der Waals surface area (Å²) in [6.45, 7) is 5.08. The molecule has 310 valence electrons. The third-order valence-corrected chi connectivity index (χ3v) is 11.6. The molecule has 2 amide bonds. The number of aliphatic hydroxyl groups is 3. The first-order chi connectivity index (χ1) is 27.9. The molecule has 0 spiro atoms. The topological polar surface area (TPSA) is 169 Å². The van der Waals surface area contributed by atoms with Crippen LogP contribution in [0, 0.1) is 23.7 Å². The van der Waals surface area contributed by atoms with Gasteiger partial charge in [-0.1, -0.05) is 60.5 Å². The molecule has 57 heavy (non-hydrogen) atoms. The Balaban J connectivity index is 1.49. The van der Waals surface area contributed by atoms with Crippen molar-refractivity contribution in [1.29, 1.82) is 0 Å². The third kappa shape index (κ3) is 9.89. The fraction of sp³-hybridized carbons (Fsp3) is 0.568. The number of nitrogens with one attached hydrogen (secondary N) is 1. The highest BCUT2D eigenvalue weighted by Crippen LogP contribution is 2.62. The second-order valence-electron chi connectivity index (χ2n) is 15.3. The van der Waals surface area contributed by atoms with E-state index in [9.17, 15) is 24.9 Å². The van der Waals surface area contributed by atoms with Gasteiger partial charge in [0.25, 0.3) is 0 Å². The van der Waals surface area contributed by atoms with Crippen LogP contribution in [0.5, 0.6) is 11.5 Å². The monoisotopic (exact) mass is 789 g/mol. The van der Waals surface area contributed by atoms with E-state index in [0.717, 1.165) is 55.2 Å². The van der Waals surface area contributed by atoms with E-state index in [1.165, 1.54) is 7.11 Å². The molecule has 0 saturated heterocycles. The van der Waals surface area contributed by atoms with Crippen molar-refractivity contribution >= 4 is 17.7 Å². The number of hydrogen-bond acceptors (Lipinski definition) is 11. The Hall–Kier alpha value is -4.27. The summed E-state index contributed by atoms with van der Waals surface area (Å²) in [7, 11) is 1.52. The maximum atomic E-state index is 14.3. The maximum absolute atomic E-state index is 14.3. The van der Waals surface area contributed by atoms with Crippen molar-refractivity contribution in [1.82, 2.24) is 10.2 Å². The summed E-state index contributed by atoms with van der Waals surface area (Å²) in [6, 6.07) is 14.4. The first-order valence-corrected chi connectivity index (χ1v) is 20.5. The average Bonchev–Trinajstić information content (AvgIpc) is 4.08. The number of hydrogen-bond donors (Lipinski definition) is 4. The van der Waals surface area contributed by atoms with Crippen LogP contribution >= 0.6 is 0 Å². The minimum atomic E-state index is -1.40. The molecule has 1 heterocycles. The predicted molar refractivity (Wildman–Crippen MR) is 214 cm³/mol. The lowest BCUT2D eigenvalue weighted by Crippen LogP contribution is -2.70. The zero-order chi connectivity index (χ0) is 40.2. The molecule has 2 fully saturated rings. The van der Waals surface area contributed by atoms with Crippen molar-refractivity contribution in [2.24, 2.45) is 28.8 Å². The van der Waals surface area contributed by atoms with Gasteiger partial charge in [0.1, 0.15) is 24.7 Å². The minimum absolute atomic E-state index is 0.00762. The Morgan fingerprint density at radius 2 is 1.79 bits per heavy atom. The zero-order valence-electron chi connectivity index (χ0n) is 33.1. The van der Waals surface area contributed by atoms with Gasteiger partial charge in [0, 0.05) is 50.1 Å². The molecule has 2 aromatic carbocycles. The Morgan fingerprint density at radius 3 is 2.49 bits per heavy atom. The summed E-state index contributed by atoms with van der Waals surface area (Å²) in [5.41, 5.74) is 3.41. The number of oxime groups is 1. The van der Waals surface area contributed by atoms with E-state index in [0.29, 0.717) is 36.6 Å². The first-order valence-electron chi connectivity index (χ1n) is 20.5. The van der Waals surface area contributed by atoms with E-state index in [4.69, 9.17) is 23.8 Å². The van der Waals surface area contributed by atoms with Crippen LogP contribution in [-0.4, -0.2) is 103 Å². The van der Waals surface area contributed by atoms with Crippen LogP contribution in [-0.2, 0) is 25.7 Å². The van der Waals surface area contributed by atoms with Crippen LogP contribution in [0.25, 0.3) is 0 Å². The molecule has 4 N–H and O–H groups in total. The normalized spacial score (nSPS) is 25.4. The molecule has 6 rings (SSSR count). The Morgan fingerprint density at radius 1 is 1.02 bits per heavy atom. The van der Waals surface area contributed by atoms with E-state index in [1.54, 1.807) is 12.1 Å². The standard InChI is InChI=1S/C44H59N3O10/c1-3-23-55-44-39(47(19-24-54-25-22-50)42(51)31-15-16-31)28-37(46-53-2)35-26-32(13-7-9-20-48)34(14-8-10-21-49)40(41(35)44)36-27-33(17-18-38(36)57-44)56-43(52)45-29-30-11-5-4-6-12-30/h3-6,11-12,17-18,26-27,31-32,34,39-41,48-50H,1,7-10,13-16,19-25,28-29H2,2H3,(H,45,52)/t32-,34+,39-,40+,41+,44+/m0/s1. The average molecular weight is 790 g/mol. The fourth-order valence-electron chi connectivity index (χ4n) is 9.05. The number of aliphatic hydroxyl groups excluding tert-OH is 3. The van der Waals surface area contributed by atoms with Crippen molar-refractivity contribution in [3.05, 3.63) is 84.0 Å². The van der Waals surface area contributed by atoms with Crippen LogP contribution in [0.4, 0.5) is 4.79 Å². The molecule has 13 nitrogen and oxygen atoms in total. The lowest BCUT2D eigenvalue weighted by atomic mass is 9.55. The molecule has 3 aliphatic carbocycles. The summed E-state index contributed by atoms with van der Waals surface area (Å²) in [6.07, 6.45) is 9.72. The van der Waals surface area contributed by atoms with Gasteiger partial charge in [-0.25, -0.2) is 4.79 Å². The number of allylic oxidation sites excluding steroid dienone is 1. The van der Waals surface area contributed by atoms with Gasteiger partial charge in [0.15, 0.2) is 0 Å². The molecule has 4 aliphatic rings. The summed E-state index contributed by atoms with van der Waals surface area (Å²) in [5.74, 6) is -1.28. The molecule has 0 aromatic heterocycles. The van der Waals surface area contributed by atoms with E-state index >= 15 is 0 Å². The number of rotatable bonds is 22. The number of amides is 2. The maximum Gasteiger partial charge on any atom is 0.412 e. The van der Waals surface area contributed by atoms with Gasteiger partial charge < -0.3 is 49.3 Å². The second kappa shape index (κ2) is 20.4. The van der Waals surface area contributed by atoms with Gasteiger partial charge >= 0.3 is 6.09 Å². The third-order valence-electron chi connectivity index (χ3n) is 11.6. The summed E-state index contributed by atoms with van der Waals surface area (Å²) in [4.78, 5) is 34.9.